The molecular formula is C38H64ClN2+. The average Bonchev–Trinajstić information content (AvgIpc) is 2.86. The summed E-state index contributed by atoms with van der Waals surface area (Å²) in [6, 6.07) is 19.2. The first kappa shape index (κ1) is 39.1. The first-order chi connectivity index (χ1) is 18.8. The molecule has 2 nitrogen and oxygen atoms in total. The number of halogens is 1. The minimum Gasteiger partial charge on any atom is -1.00 e. The van der Waals surface area contributed by atoms with E-state index < -0.39 is 0 Å². The van der Waals surface area contributed by atoms with Gasteiger partial charge >= 0.3 is 0 Å². The van der Waals surface area contributed by atoms with Crippen molar-refractivity contribution in [2.45, 2.75) is 120 Å². The summed E-state index contributed by atoms with van der Waals surface area (Å²) in [6.07, 6.45) is 7.27. The van der Waals surface area contributed by atoms with Crippen LogP contribution in [0.15, 0.2) is 71.8 Å². The third-order valence-corrected chi connectivity index (χ3v) is 7.46. The Kier molecular flexibility index (Phi) is 20.0. The minimum atomic E-state index is 0. The Bertz CT molecular complexity index is 910. The highest BCUT2D eigenvalue weighted by Gasteiger charge is 2.17. The van der Waals surface area contributed by atoms with Crippen LogP contribution < -0.4 is 23.0 Å². The largest absolute Gasteiger partial charge is 1.00 e. The average molecular weight is 584 g/mol. The molecule has 232 valence electrons. The Morgan fingerprint density at radius 2 is 0.854 bits per heavy atom. The lowest BCUT2D eigenvalue weighted by Gasteiger charge is -2.19. The van der Waals surface area contributed by atoms with Crippen LogP contribution in [0, 0.1) is 25.7 Å². The van der Waals surface area contributed by atoms with E-state index in [0.717, 1.165) is 11.8 Å². The summed E-state index contributed by atoms with van der Waals surface area (Å²) in [5.74, 6) is 2.72. The number of benzene rings is 2. The smallest absolute Gasteiger partial charge is 0.105 e. The number of aryl methyl sites for hydroxylation is 2. The molecule has 0 saturated carbocycles. The first-order valence-corrected chi connectivity index (χ1v) is 15.9. The monoisotopic (exact) mass is 583 g/mol. The predicted octanol–water partition coefficient (Wildman–Crippen LogP) is 5.09. The molecule has 0 aliphatic heterocycles. The maximum absolute atomic E-state index is 2.50. The van der Waals surface area contributed by atoms with Crippen molar-refractivity contribution < 1.29 is 23.0 Å². The van der Waals surface area contributed by atoms with Gasteiger partial charge < -0.3 is 23.0 Å². The van der Waals surface area contributed by atoms with Crippen LogP contribution in [0.4, 0.5) is 0 Å². The van der Waals surface area contributed by atoms with Gasteiger partial charge in [0.05, 0.1) is 13.1 Å². The molecule has 2 aromatic carbocycles. The summed E-state index contributed by atoms with van der Waals surface area (Å²) in [5.41, 5.74) is 8.44. The van der Waals surface area contributed by atoms with Gasteiger partial charge in [-0.05, 0) is 76.7 Å². The summed E-state index contributed by atoms with van der Waals surface area (Å²) in [4.78, 5) is 0. The van der Waals surface area contributed by atoms with Crippen LogP contribution in [0.3, 0.4) is 0 Å². The van der Waals surface area contributed by atoms with Crippen molar-refractivity contribution >= 4 is 0 Å². The molecule has 0 heterocycles. The van der Waals surface area contributed by atoms with Crippen molar-refractivity contribution in [1.29, 1.82) is 0 Å². The van der Waals surface area contributed by atoms with Gasteiger partial charge in [0.2, 0.25) is 0 Å². The summed E-state index contributed by atoms with van der Waals surface area (Å²) < 4.78 is 0. The lowest BCUT2D eigenvalue weighted by molar-refractivity contribution is -0.684. The van der Waals surface area contributed by atoms with Crippen molar-refractivity contribution in [3.63, 3.8) is 0 Å². The molecule has 0 aromatic heterocycles. The Labute approximate surface area is 261 Å². The van der Waals surface area contributed by atoms with E-state index in [-0.39, 0.29) is 12.4 Å². The third-order valence-electron chi connectivity index (χ3n) is 7.46. The molecule has 0 bridgehead atoms. The van der Waals surface area contributed by atoms with Gasteiger partial charge in [-0.1, -0.05) is 112 Å². The van der Waals surface area contributed by atoms with E-state index >= 15 is 0 Å². The second kappa shape index (κ2) is 20.9. The normalized spacial score (nSPS) is 13.8. The van der Waals surface area contributed by atoms with Gasteiger partial charge in [0.15, 0.2) is 0 Å². The Hall–Kier alpha value is -1.87. The molecule has 0 spiro atoms. The standard InChI is InChI=1S/2C19H31N.ClH/c2*1-14(2)11-19(20-13-15(3)4)12-17(6)18-9-7-16(5)8-10-18;/h2*7-11,15,17,19-20H,12-13H2,1-6H3;1H/p+1/t17-,19+;17-,19-;/m00./s1. The van der Waals surface area contributed by atoms with E-state index in [1.165, 1.54) is 59.3 Å². The van der Waals surface area contributed by atoms with Crippen molar-refractivity contribution in [2.75, 3.05) is 13.1 Å². The number of quaternary nitrogens is 2. The van der Waals surface area contributed by atoms with E-state index in [1.807, 2.05) is 0 Å². The van der Waals surface area contributed by atoms with Crippen LogP contribution in [0.25, 0.3) is 0 Å². The van der Waals surface area contributed by atoms with Gasteiger partial charge in [-0.25, -0.2) is 0 Å². The molecule has 4 atom stereocenters. The van der Waals surface area contributed by atoms with E-state index in [4.69, 9.17) is 0 Å². The van der Waals surface area contributed by atoms with E-state index in [9.17, 15) is 0 Å². The van der Waals surface area contributed by atoms with Crippen molar-refractivity contribution in [2.24, 2.45) is 11.8 Å². The van der Waals surface area contributed by atoms with Crippen LogP contribution in [0.2, 0.25) is 0 Å². The fourth-order valence-corrected chi connectivity index (χ4v) is 5.09. The van der Waals surface area contributed by atoms with E-state index in [0.29, 0.717) is 23.9 Å². The molecule has 4 N–H and O–H groups in total. The lowest BCUT2D eigenvalue weighted by atomic mass is 9.92. The van der Waals surface area contributed by atoms with Crippen LogP contribution in [0.1, 0.15) is 116 Å². The number of hydrogen-bond acceptors (Lipinski definition) is 0. The molecule has 2 rings (SSSR count). The molecule has 41 heavy (non-hydrogen) atoms. The summed E-state index contributed by atoms with van der Waals surface area (Å²) >= 11 is 0. The van der Waals surface area contributed by atoms with Gasteiger partial charge in [-0.2, -0.15) is 0 Å². The van der Waals surface area contributed by atoms with Gasteiger partial charge in [0.25, 0.3) is 0 Å². The zero-order valence-corrected chi connectivity index (χ0v) is 29.4. The van der Waals surface area contributed by atoms with Crippen molar-refractivity contribution in [3.8, 4) is 0 Å². The number of allylic oxidation sites excluding steroid dienone is 2. The quantitative estimate of drug-likeness (QED) is 0.291. The molecule has 0 saturated heterocycles. The minimum absolute atomic E-state index is 0. The fraction of sp³-hybridized carbons (Fsp3) is 0.579. The highest BCUT2D eigenvalue weighted by Crippen LogP contribution is 2.22. The summed E-state index contributed by atoms with van der Waals surface area (Å²) in [6.45, 7) is 29.4. The second-order valence-corrected chi connectivity index (χ2v) is 13.6. The van der Waals surface area contributed by atoms with E-state index in [1.54, 1.807) is 0 Å². The Morgan fingerprint density at radius 3 is 1.10 bits per heavy atom. The SMILES string of the molecule is CC(C)=C[C@@H](C[C@H](C)c1ccc(C)cc1)[NH2+]CC(C)C.CC(C)=C[C@H](C[C@H](C)c1ccc(C)cc1)[NH2+]CC(C)C.[Cl-]. The molecular weight excluding hydrogens is 520 g/mol. The van der Waals surface area contributed by atoms with Crippen LogP contribution in [0.5, 0.6) is 0 Å². The molecule has 0 aliphatic carbocycles. The van der Waals surface area contributed by atoms with Gasteiger partial charge in [0.1, 0.15) is 12.1 Å². The topological polar surface area (TPSA) is 33.2 Å². The highest BCUT2D eigenvalue weighted by molar-refractivity contribution is 5.25. The van der Waals surface area contributed by atoms with Crippen molar-refractivity contribution in [3.05, 3.63) is 94.1 Å². The van der Waals surface area contributed by atoms with Gasteiger partial charge in [-0.15, -0.1) is 0 Å². The second-order valence-electron chi connectivity index (χ2n) is 13.6. The maximum Gasteiger partial charge on any atom is 0.105 e. The van der Waals surface area contributed by atoms with Crippen molar-refractivity contribution in [1.82, 2.24) is 0 Å². The molecule has 2 aromatic rings. The van der Waals surface area contributed by atoms with E-state index in [2.05, 4.69) is 154 Å². The van der Waals surface area contributed by atoms with Crippen LogP contribution >= 0.6 is 0 Å². The van der Waals surface area contributed by atoms with Crippen LogP contribution in [-0.4, -0.2) is 25.2 Å². The Morgan fingerprint density at radius 1 is 0.561 bits per heavy atom. The lowest BCUT2D eigenvalue weighted by Crippen LogP contribution is -3.00. The van der Waals surface area contributed by atoms with Gasteiger partial charge in [0, 0.05) is 24.7 Å². The van der Waals surface area contributed by atoms with Crippen LogP contribution in [-0.2, 0) is 0 Å². The fourth-order valence-electron chi connectivity index (χ4n) is 5.09. The molecule has 3 heteroatoms. The zero-order chi connectivity index (χ0) is 30.2. The number of hydrogen-bond donors (Lipinski definition) is 2. The molecule has 0 unspecified atom stereocenters. The zero-order valence-electron chi connectivity index (χ0n) is 28.6. The third kappa shape index (κ3) is 18.3. The summed E-state index contributed by atoms with van der Waals surface area (Å²) in [7, 11) is 0. The molecule has 0 radical (unpaired) electrons. The molecule has 0 fully saturated rings. The predicted molar refractivity (Wildman–Crippen MR) is 178 cm³/mol. The summed E-state index contributed by atoms with van der Waals surface area (Å²) in [5, 5.41) is 5.00. The molecule has 0 aliphatic rings. The number of rotatable bonds is 14. The molecule has 0 amide bonds. The Balaban J connectivity index is 0.000000762. The van der Waals surface area contributed by atoms with Gasteiger partial charge in [-0.3, -0.25) is 0 Å². The first-order valence-electron chi connectivity index (χ1n) is 15.9. The maximum atomic E-state index is 2.50. The number of nitrogens with two attached hydrogens (primary N) is 2. The highest BCUT2D eigenvalue weighted by atomic mass is 35.5.